The Morgan fingerprint density at radius 3 is 2.39 bits per heavy atom. The lowest BCUT2D eigenvalue weighted by atomic mass is 10.2. The van der Waals surface area contributed by atoms with Crippen LogP contribution in [0, 0.1) is 0 Å². The van der Waals surface area contributed by atoms with Crippen molar-refractivity contribution in [1.29, 1.82) is 0 Å². The van der Waals surface area contributed by atoms with E-state index in [-0.39, 0.29) is 5.91 Å². The maximum absolute atomic E-state index is 12.2. The van der Waals surface area contributed by atoms with Crippen LogP contribution in [0.15, 0.2) is 53.4 Å². The van der Waals surface area contributed by atoms with Crippen molar-refractivity contribution >= 4 is 35.0 Å². The van der Waals surface area contributed by atoms with Gasteiger partial charge in [-0.1, -0.05) is 6.07 Å². The molecule has 0 fully saturated rings. The molecule has 0 radical (unpaired) electrons. The van der Waals surface area contributed by atoms with Crippen molar-refractivity contribution in [1.82, 2.24) is 0 Å². The Hall–Kier alpha value is -2.47. The van der Waals surface area contributed by atoms with Gasteiger partial charge in [0.15, 0.2) is 0 Å². The molecule has 0 spiro atoms. The van der Waals surface area contributed by atoms with E-state index in [1.165, 1.54) is 0 Å². The number of nitrogens with two attached hydrogens (primary N) is 1. The summed E-state index contributed by atoms with van der Waals surface area (Å²) in [4.78, 5) is 24.4. The van der Waals surface area contributed by atoms with Crippen molar-refractivity contribution in [3.8, 4) is 0 Å². The van der Waals surface area contributed by atoms with Gasteiger partial charge in [-0.2, -0.15) is 0 Å². The minimum absolute atomic E-state index is 0.161. The van der Waals surface area contributed by atoms with Crippen LogP contribution >= 0.6 is 11.8 Å². The molecule has 5 nitrogen and oxygen atoms in total. The fraction of sp³-hybridized carbons (Fsp3) is 0.176. The predicted octanol–water partition coefficient (Wildman–Crippen LogP) is 2.95. The molecule has 0 saturated heterocycles. The number of carbonyl (C=O) groups excluding carboxylic acids is 2. The Balaban J connectivity index is 1.97. The van der Waals surface area contributed by atoms with Gasteiger partial charge in [0.05, 0.1) is 0 Å². The number of amides is 2. The molecular weight excluding hydrogens is 310 g/mol. The first kappa shape index (κ1) is 16.9. The van der Waals surface area contributed by atoms with E-state index in [1.807, 2.05) is 30.5 Å². The summed E-state index contributed by atoms with van der Waals surface area (Å²) >= 11 is 1.65. The highest BCUT2D eigenvalue weighted by atomic mass is 32.2. The molecule has 2 aromatic rings. The fourth-order valence-corrected chi connectivity index (χ4v) is 2.46. The molecule has 23 heavy (non-hydrogen) atoms. The Labute approximate surface area is 139 Å². The molecule has 6 heteroatoms. The van der Waals surface area contributed by atoms with Gasteiger partial charge in [0.25, 0.3) is 0 Å². The molecule has 0 aromatic heterocycles. The molecular formula is C17H19N3O2S. The lowest BCUT2D eigenvalue weighted by Crippen LogP contribution is -2.31. The molecule has 0 aliphatic rings. The van der Waals surface area contributed by atoms with Gasteiger partial charge < -0.3 is 16.4 Å². The SMILES string of the molecule is CSc1cccc(N[C@@H](C)C(=O)Nc2ccc(C(N)=O)cc2)c1. The van der Waals surface area contributed by atoms with Crippen LogP contribution in [-0.4, -0.2) is 24.1 Å². The molecule has 0 aliphatic heterocycles. The molecule has 120 valence electrons. The highest BCUT2D eigenvalue weighted by molar-refractivity contribution is 7.98. The summed E-state index contributed by atoms with van der Waals surface area (Å²) in [5.74, 6) is -0.655. The molecule has 0 unspecified atom stereocenters. The Morgan fingerprint density at radius 1 is 1.09 bits per heavy atom. The normalized spacial score (nSPS) is 11.6. The zero-order chi connectivity index (χ0) is 16.8. The van der Waals surface area contributed by atoms with E-state index >= 15 is 0 Å². The second-order valence-corrected chi connectivity index (χ2v) is 5.91. The first-order valence-electron chi connectivity index (χ1n) is 7.11. The number of primary amides is 1. The minimum atomic E-state index is -0.494. The number of thioether (sulfide) groups is 1. The minimum Gasteiger partial charge on any atom is -0.374 e. The fourth-order valence-electron chi connectivity index (χ4n) is 2.00. The number of rotatable bonds is 6. The molecule has 0 heterocycles. The van der Waals surface area contributed by atoms with Gasteiger partial charge in [-0.15, -0.1) is 11.8 Å². The highest BCUT2D eigenvalue weighted by Crippen LogP contribution is 2.19. The second kappa shape index (κ2) is 7.69. The summed E-state index contributed by atoms with van der Waals surface area (Å²) in [7, 11) is 0. The van der Waals surface area contributed by atoms with Crippen LogP contribution in [0.25, 0.3) is 0 Å². The van der Waals surface area contributed by atoms with Crippen LogP contribution in [0.1, 0.15) is 17.3 Å². The lowest BCUT2D eigenvalue weighted by molar-refractivity contribution is -0.116. The average Bonchev–Trinajstić information content (AvgIpc) is 2.55. The summed E-state index contributed by atoms with van der Waals surface area (Å²) in [6.07, 6.45) is 2.00. The van der Waals surface area contributed by atoms with Crippen molar-refractivity contribution in [3.05, 3.63) is 54.1 Å². The highest BCUT2D eigenvalue weighted by Gasteiger charge is 2.13. The van der Waals surface area contributed by atoms with E-state index in [0.29, 0.717) is 11.3 Å². The van der Waals surface area contributed by atoms with E-state index < -0.39 is 11.9 Å². The van der Waals surface area contributed by atoms with Crippen molar-refractivity contribution in [3.63, 3.8) is 0 Å². The van der Waals surface area contributed by atoms with E-state index in [9.17, 15) is 9.59 Å². The maximum Gasteiger partial charge on any atom is 0.248 e. The van der Waals surface area contributed by atoms with Gasteiger partial charge in [-0.05, 0) is 55.6 Å². The van der Waals surface area contributed by atoms with Gasteiger partial charge in [0.1, 0.15) is 6.04 Å². The van der Waals surface area contributed by atoms with E-state index in [2.05, 4.69) is 10.6 Å². The van der Waals surface area contributed by atoms with Crippen molar-refractivity contribution in [2.45, 2.75) is 17.9 Å². The van der Waals surface area contributed by atoms with Crippen LogP contribution in [0.4, 0.5) is 11.4 Å². The number of anilines is 2. The summed E-state index contributed by atoms with van der Waals surface area (Å²) in [5.41, 5.74) is 7.10. The van der Waals surface area contributed by atoms with E-state index in [0.717, 1.165) is 10.6 Å². The lowest BCUT2D eigenvalue weighted by Gasteiger charge is -2.16. The third-order valence-corrected chi connectivity index (χ3v) is 4.01. The van der Waals surface area contributed by atoms with Gasteiger partial charge in [0, 0.05) is 21.8 Å². The monoisotopic (exact) mass is 329 g/mol. The zero-order valence-corrected chi connectivity index (χ0v) is 13.8. The third kappa shape index (κ3) is 4.75. The summed E-state index contributed by atoms with van der Waals surface area (Å²) in [5, 5.41) is 5.96. The Kier molecular flexibility index (Phi) is 5.65. The number of hydrogen-bond donors (Lipinski definition) is 3. The van der Waals surface area contributed by atoms with Crippen LogP contribution < -0.4 is 16.4 Å². The largest absolute Gasteiger partial charge is 0.374 e. The van der Waals surface area contributed by atoms with Crippen molar-refractivity contribution < 1.29 is 9.59 Å². The van der Waals surface area contributed by atoms with Gasteiger partial charge in [0.2, 0.25) is 11.8 Å². The molecule has 4 N–H and O–H groups in total. The summed E-state index contributed by atoms with van der Waals surface area (Å²) in [6.45, 7) is 1.79. The van der Waals surface area contributed by atoms with Crippen LogP contribution in [-0.2, 0) is 4.79 Å². The number of nitrogens with one attached hydrogen (secondary N) is 2. The van der Waals surface area contributed by atoms with Gasteiger partial charge >= 0.3 is 0 Å². The molecule has 0 saturated carbocycles. The van der Waals surface area contributed by atoms with Crippen molar-refractivity contribution in [2.75, 3.05) is 16.9 Å². The predicted molar refractivity (Wildman–Crippen MR) is 94.9 cm³/mol. The van der Waals surface area contributed by atoms with Crippen molar-refractivity contribution in [2.24, 2.45) is 5.73 Å². The molecule has 2 aromatic carbocycles. The average molecular weight is 329 g/mol. The summed E-state index contributed by atoms with van der Waals surface area (Å²) < 4.78 is 0. The standard InChI is InChI=1S/C17H19N3O2S/c1-11(19-14-4-3-5-15(10-14)23-2)17(22)20-13-8-6-12(7-9-13)16(18)21/h3-11,19H,1-2H3,(H2,18,21)(H,20,22)/t11-/m0/s1. The molecule has 2 amide bonds. The molecule has 1 atom stereocenters. The van der Waals surface area contributed by atoms with Crippen LogP contribution in [0.5, 0.6) is 0 Å². The maximum atomic E-state index is 12.2. The first-order valence-corrected chi connectivity index (χ1v) is 8.33. The number of benzene rings is 2. The quantitative estimate of drug-likeness (QED) is 0.711. The Morgan fingerprint density at radius 2 is 1.78 bits per heavy atom. The Bertz CT molecular complexity index is 701. The van der Waals surface area contributed by atoms with Gasteiger partial charge in [-0.3, -0.25) is 9.59 Å². The van der Waals surface area contributed by atoms with Gasteiger partial charge in [-0.25, -0.2) is 0 Å². The van der Waals surface area contributed by atoms with E-state index in [4.69, 9.17) is 5.73 Å². The number of hydrogen-bond acceptors (Lipinski definition) is 4. The van der Waals surface area contributed by atoms with Crippen LogP contribution in [0.3, 0.4) is 0 Å². The molecule has 0 bridgehead atoms. The number of carbonyl (C=O) groups is 2. The molecule has 2 rings (SSSR count). The first-order chi connectivity index (χ1) is 11.0. The third-order valence-electron chi connectivity index (χ3n) is 3.28. The van der Waals surface area contributed by atoms with Crippen LogP contribution in [0.2, 0.25) is 0 Å². The second-order valence-electron chi connectivity index (χ2n) is 5.03. The summed E-state index contributed by atoms with van der Waals surface area (Å²) in [6, 6.07) is 13.9. The zero-order valence-electron chi connectivity index (χ0n) is 13.0. The topological polar surface area (TPSA) is 84.2 Å². The molecule has 0 aliphatic carbocycles. The van der Waals surface area contributed by atoms with E-state index in [1.54, 1.807) is 43.0 Å². The smallest absolute Gasteiger partial charge is 0.248 e.